The molecule has 0 aromatic heterocycles. The Kier molecular flexibility index (Phi) is 4.44. The summed E-state index contributed by atoms with van der Waals surface area (Å²) in [6.45, 7) is 10.6. The monoisotopic (exact) mass is 322 g/mol. The van der Waals surface area contributed by atoms with Crippen LogP contribution in [0.15, 0.2) is 11.6 Å². The molecular weight excluding hydrogens is 288 g/mol. The molecule has 1 heterocycles. The molecule has 1 N–H and O–H groups in total. The largest absolute Gasteiger partial charge is 0.388 e. The Hall–Kier alpha value is -0.380. The number of rotatable bonds is 2. The SMILES string of the molecule is CC1=CC[C@]2(C)CC[C@H]([C@]3(C)CC[C@@H](C(C)(C)O)OO3)[C@H]2CC1. The summed E-state index contributed by atoms with van der Waals surface area (Å²) in [4.78, 5) is 11.6. The molecule has 0 spiro atoms. The van der Waals surface area contributed by atoms with E-state index in [1.54, 1.807) is 19.4 Å². The van der Waals surface area contributed by atoms with Crippen molar-refractivity contribution in [2.45, 2.75) is 96.9 Å². The van der Waals surface area contributed by atoms with Crippen molar-refractivity contribution in [3.8, 4) is 0 Å². The van der Waals surface area contributed by atoms with E-state index in [2.05, 4.69) is 26.8 Å². The lowest BCUT2D eigenvalue weighted by Gasteiger charge is -2.46. The first-order valence-electron chi connectivity index (χ1n) is 9.37. The molecule has 23 heavy (non-hydrogen) atoms. The molecule has 3 rings (SSSR count). The van der Waals surface area contributed by atoms with Crippen molar-refractivity contribution in [1.29, 1.82) is 0 Å². The molecule has 3 nitrogen and oxygen atoms in total. The van der Waals surface area contributed by atoms with Gasteiger partial charge in [-0.2, -0.15) is 0 Å². The second kappa shape index (κ2) is 5.86. The molecule has 132 valence electrons. The van der Waals surface area contributed by atoms with E-state index < -0.39 is 5.60 Å². The number of fused-ring (bicyclic) bond motifs is 1. The van der Waals surface area contributed by atoms with Crippen LogP contribution in [-0.4, -0.2) is 22.4 Å². The fraction of sp³-hybridized carbons (Fsp3) is 0.900. The first-order chi connectivity index (χ1) is 10.6. The number of allylic oxidation sites excluding steroid dienone is 2. The van der Waals surface area contributed by atoms with Crippen LogP contribution in [0, 0.1) is 17.3 Å². The van der Waals surface area contributed by atoms with Gasteiger partial charge in [0, 0.05) is 0 Å². The van der Waals surface area contributed by atoms with E-state index in [9.17, 15) is 5.11 Å². The summed E-state index contributed by atoms with van der Waals surface area (Å²) >= 11 is 0. The molecule has 3 heteroatoms. The van der Waals surface area contributed by atoms with Crippen LogP contribution in [0.2, 0.25) is 0 Å². The average molecular weight is 322 g/mol. The standard InChI is InChI=1S/C20H34O3/c1-14-6-7-15-16(9-12-19(15,4)11-8-14)20(5)13-10-17(22-23-20)18(2,3)21/h8,15-17,21H,6-7,9-13H2,1-5H3/t15-,16+,17+,19-,20+/m1/s1. The van der Waals surface area contributed by atoms with Crippen LogP contribution in [0.4, 0.5) is 0 Å². The van der Waals surface area contributed by atoms with Crippen molar-refractivity contribution in [1.82, 2.24) is 0 Å². The van der Waals surface area contributed by atoms with E-state index in [0.29, 0.717) is 17.3 Å². The molecule has 5 atom stereocenters. The number of aliphatic hydroxyl groups is 1. The van der Waals surface area contributed by atoms with Crippen LogP contribution < -0.4 is 0 Å². The van der Waals surface area contributed by atoms with Crippen LogP contribution in [0.25, 0.3) is 0 Å². The predicted octanol–water partition coefficient (Wildman–Crippen LogP) is 4.79. The first-order valence-corrected chi connectivity index (χ1v) is 9.37. The van der Waals surface area contributed by atoms with Crippen LogP contribution in [-0.2, 0) is 9.78 Å². The van der Waals surface area contributed by atoms with Crippen molar-refractivity contribution in [3.05, 3.63) is 11.6 Å². The van der Waals surface area contributed by atoms with Gasteiger partial charge in [0.25, 0.3) is 0 Å². The van der Waals surface area contributed by atoms with Gasteiger partial charge in [-0.05, 0) is 89.9 Å². The maximum absolute atomic E-state index is 10.2. The molecule has 0 radical (unpaired) electrons. The van der Waals surface area contributed by atoms with E-state index >= 15 is 0 Å². The van der Waals surface area contributed by atoms with Gasteiger partial charge in [0.2, 0.25) is 0 Å². The van der Waals surface area contributed by atoms with E-state index in [1.807, 2.05) is 0 Å². The molecule has 1 saturated carbocycles. The third kappa shape index (κ3) is 3.25. The van der Waals surface area contributed by atoms with Gasteiger partial charge in [-0.1, -0.05) is 18.6 Å². The topological polar surface area (TPSA) is 38.7 Å². The zero-order valence-electron chi connectivity index (χ0n) is 15.5. The fourth-order valence-corrected chi connectivity index (χ4v) is 5.18. The Morgan fingerprint density at radius 2 is 1.87 bits per heavy atom. The summed E-state index contributed by atoms with van der Waals surface area (Å²) in [5.74, 6) is 1.28. The lowest BCUT2D eigenvalue weighted by molar-refractivity contribution is -0.433. The Morgan fingerprint density at radius 1 is 1.13 bits per heavy atom. The Morgan fingerprint density at radius 3 is 2.48 bits per heavy atom. The molecule has 2 fully saturated rings. The highest BCUT2D eigenvalue weighted by Crippen LogP contribution is 2.58. The van der Waals surface area contributed by atoms with Crippen molar-refractivity contribution in [3.63, 3.8) is 0 Å². The number of hydrogen-bond donors (Lipinski definition) is 1. The third-order valence-corrected chi connectivity index (χ3v) is 7.00. The van der Waals surface area contributed by atoms with Gasteiger partial charge in [-0.25, -0.2) is 9.78 Å². The quantitative estimate of drug-likeness (QED) is 0.587. The molecule has 0 aromatic carbocycles. The van der Waals surface area contributed by atoms with E-state index in [1.165, 1.54) is 32.1 Å². The minimum Gasteiger partial charge on any atom is -0.388 e. The second-order valence-corrected chi connectivity index (χ2v) is 9.37. The Labute approximate surface area is 141 Å². The third-order valence-electron chi connectivity index (χ3n) is 7.00. The highest BCUT2D eigenvalue weighted by molar-refractivity contribution is 5.11. The minimum absolute atomic E-state index is 0.206. The zero-order valence-corrected chi connectivity index (χ0v) is 15.5. The average Bonchev–Trinajstić information content (AvgIpc) is 2.73. The van der Waals surface area contributed by atoms with Crippen molar-refractivity contribution in [2.75, 3.05) is 0 Å². The maximum atomic E-state index is 10.2. The van der Waals surface area contributed by atoms with E-state index in [-0.39, 0.29) is 11.7 Å². The Balaban J connectivity index is 1.73. The van der Waals surface area contributed by atoms with Crippen molar-refractivity contribution < 1.29 is 14.9 Å². The zero-order chi connectivity index (χ0) is 16.9. The van der Waals surface area contributed by atoms with Gasteiger partial charge in [0.1, 0.15) is 11.7 Å². The number of hydrogen-bond acceptors (Lipinski definition) is 3. The van der Waals surface area contributed by atoms with Gasteiger partial charge in [-0.15, -0.1) is 0 Å². The molecule has 0 bridgehead atoms. The summed E-state index contributed by atoms with van der Waals surface area (Å²) in [6.07, 6.45) is 10.3. The smallest absolute Gasteiger partial charge is 0.121 e. The van der Waals surface area contributed by atoms with Gasteiger partial charge in [-0.3, -0.25) is 0 Å². The highest BCUT2D eigenvalue weighted by Gasteiger charge is 2.54. The summed E-state index contributed by atoms with van der Waals surface area (Å²) in [6, 6.07) is 0. The van der Waals surface area contributed by atoms with Gasteiger partial charge in [0.05, 0.1) is 5.60 Å². The summed E-state index contributed by atoms with van der Waals surface area (Å²) < 4.78 is 0. The molecule has 0 unspecified atom stereocenters. The van der Waals surface area contributed by atoms with E-state index in [0.717, 1.165) is 12.8 Å². The molecule has 1 aliphatic heterocycles. The molecule has 0 aromatic rings. The van der Waals surface area contributed by atoms with Gasteiger partial charge < -0.3 is 5.11 Å². The predicted molar refractivity (Wildman–Crippen MR) is 91.8 cm³/mol. The van der Waals surface area contributed by atoms with Crippen molar-refractivity contribution >= 4 is 0 Å². The van der Waals surface area contributed by atoms with E-state index in [4.69, 9.17) is 9.78 Å². The van der Waals surface area contributed by atoms with Crippen LogP contribution in [0.5, 0.6) is 0 Å². The highest BCUT2D eigenvalue weighted by atomic mass is 17.2. The van der Waals surface area contributed by atoms with Crippen LogP contribution in [0.1, 0.15) is 79.6 Å². The molecule has 3 aliphatic rings. The second-order valence-electron chi connectivity index (χ2n) is 9.37. The maximum Gasteiger partial charge on any atom is 0.121 e. The molecule has 1 saturated heterocycles. The lowest BCUT2D eigenvalue weighted by atomic mass is 9.68. The molecule has 2 aliphatic carbocycles. The summed E-state index contributed by atoms with van der Waals surface area (Å²) in [5.41, 5.74) is 0.923. The lowest BCUT2D eigenvalue weighted by Crippen LogP contribution is -2.50. The van der Waals surface area contributed by atoms with Gasteiger partial charge in [0.15, 0.2) is 0 Å². The molecular formula is C20H34O3. The minimum atomic E-state index is -0.838. The van der Waals surface area contributed by atoms with Crippen LogP contribution in [0.3, 0.4) is 0 Å². The Bertz CT molecular complexity index is 468. The first kappa shape index (κ1) is 17.4. The normalized spacial score (nSPS) is 45.3. The van der Waals surface area contributed by atoms with Crippen molar-refractivity contribution in [2.24, 2.45) is 17.3 Å². The van der Waals surface area contributed by atoms with Gasteiger partial charge >= 0.3 is 0 Å². The summed E-state index contributed by atoms with van der Waals surface area (Å²) in [5, 5.41) is 10.2. The fourth-order valence-electron chi connectivity index (χ4n) is 5.18. The summed E-state index contributed by atoms with van der Waals surface area (Å²) in [7, 11) is 0. The molecule has 0 amide bonds. The van der Waals surface area contributed by atoms with Crippen LogP contribution >= 0.6 is 0 Å².